The van der Waals surface area contributed by atoms with Gasteiger partial charge in [0.05, 0.1) is 6.61 Å². The van der Waals surface area contributed by atoms with Crippen LogP contribution in [0.3, 0.4) is 0 Å². The lowest BCUT2D eigenvalue weighted by Gasteiger charge is -2.10. The van der Waals surface area contributed by atoms with Gasteiger partial charge in [0.1, 0.15) is 0 Å². The first-order valence-electron chi connectivity index (χ1n) is 4.80. The maximum absolute atomic E-state index is 9.02. The van der Waals surface area contributed by atoms with Gasteiger partial charge in [-0.1, -0.05) is 30.4 Å². The largest absolute Gasteiger partial charge is 0.392 e. The Balaban J connectivity index is 2.14. The molecule has 2 aliphatic carbocycles. The molecule has 0 spiro atoms. The highest BCUT2D eigenvalue weighted by atomic mass is 16.3. The molecule has 0 amide bonds. The average Bonchev–Trinajstić information content (AvgIpc) is 2.77. The number of aliphatic hydroxyl groups excluding tert-OH is 1. The minimum absolute atomic E-state index is 0.161. The molecular formula is C12H12O. The molecule has 2 atom stereocenters. The van der Waals surface area contributed by atoms with Crippen LogP contribution in [0.1, 0.15) is 34.9 Å². The van der Waals surface area contributed by atoms with Crippen molar-refractivity contribution in [2.24, 2.45) is 0 Å². The van der Waals surface area contributed by atoms with Gasteiger partial charge in [0.15, 0.2) is 0 Å². The van der Waals surface area contributed by atoms with Crippen LogP contribution in [0.25, 0.3) is 0 Å². The summed E-state index contributed by atoms with van der Waals surface area (Å²) in [6.07, 6.45) is 5.87. The molecule has 0 heterocycles. The Hall–Kier alpha value is -1.08. The Labute approximate surface area is 77.7 Å². The van der Waals surface area contributed by atoms with Crippen LogP contribution in [0.4, 0.5) is 0 Å². The Morgan fingerprint density at radius 3 is 2.69 bits per heavy atom. The lowest BCUT2D eigenvalue weighted by molar-refractivity contribution is 0.281. The summed E-state index contributed by atoms with van der Waals surface area (Å²) in [6, 6.07) is 6.37. The van der Waals surface area contributed by atoms with Crippen LogP contribution >= 0.6 is 0 Å². The van der Waals surface area contributed by atoms with Crippen LogP contribution in [0.15, 0.2) is 30.4 Å². The van der Waals surface area contributed by atoms with E-state index in [0.717, 1.165) is 5.56 Å². The normalized spacial score (nSPS) is 28.1. The molecule has 66 valence electrons. The number of hydrogen-bond donors (Lipinski definition) is 1. The first-order valence-corrected chi connectivity index (χ1v) is 4.80. The predicted octanol–water partition coefficient (Wildman–Crippen LogP) is 2.32. The van der Waals surface area contributed by atoms with Crippen molar-refractivity contribution < 1.29 is 5.11 Å². The Morgan fingerprint density at radius 2 is 1.92 bits per heavy atom. The van der Waals surface area contributed by atoms with E-state index in [1.807, 2.05) is 6.07 Å². The van der Waals surface area contributed by atoms with Gasteiger partial charge in [-0.2, -0.15) is 0 Å². The lowest BCUT2D eigenvalue weighted by Crippen LogP contribution is -1.94. The van der Waals surface area contributed by atoms with Crippen molar-refractivity contribution in [1.82, 2.24) is 0 Å². The molecule has 0 fully saturated rings. The summed E-state index contributed by atoms with van der Waals surface area (Å²) in [6.45, 7) is 0.161. The highest BCUT2D eigenvalue weighted by molar-refractivity contribution is 5.48. The van der Waals surface area contributed by atoms with Crippen molar-refractivity contribution in [2.45, 2.75) is 24.9 Å². The molecule has 0 aromatic heterocycles. The predicted molar refractivity (Wildman–Crippen MR) is 51.6 cm³/mol. The van der Waals surface area contributed by atoms with E-state index >= 15 is 0 Å². The molecule has 0 aliphatic heterocycles. The third-order valence-corrected chi connectivity index (χ3v) is 3.22. The topological polar surface area (TPSA) is 20.2 Å². The van der Waals surface area contributed by atoms with Gasteiger partial charge < -0.3 is 5.11 Å². The summed E-state index contributed by atoms with van der Waals surface area (Å²) in [7, 11) is 0. The number of hydrogen-bond acceptors (Lipinski definition) is 1. The number of aliphatic hydroxyl groups is 1. The van der Waals surface area contributed by atoms with Gasteiger partial charge in [0.25, 0.3) is 0 Å². The lowest BCUT2D eigenvalue weighted by atomic mass is 9.95. The third-order valence-electron chi connectivity index (χ3n) is 3.22. The maximum atomic E-state index is 9.02. The highest BCUT2D eigenvalue weighted by Crippen LogP contribution is 2.48. The summed E-state index contributed by atoms with van der Waals surface area (Å²) in [4.78, 5) is 0. The van der Waals surface area contributed by atoms with Crippen molar-refractivity contribution in [3.63, 3.8) is 0 Å². The zero-order valence-electron chi connectivity index (χ0n) is 7.40. The number of rotatable bonds is 1. The van der Waals surface area contributed by atoms with Crippen LogP contribution < -0.4 is 0 Å². The second kappa shape index (κ2) is 2.46. The molecule has 1 aromatic carbocycles. The van der Waals surface area contributed by atoms with Crippen molar-refractivity contribution in [2.75, 3.05) is 0 Å². The van der Waals surface area contributed by atoms with Crippen LogP contribution in [-0.2, 0) is 6.61 Å². The standard InChI is InChI=1S/C12H12O/c13-7-8-1-4-11-9-2-3-10(6-9)12(11)5-8/h1-5,9-10,13H,6-7H2/t9-,10+/m1/s1. The second-order valence-corrected chi connectivity index (χ2v) is 3.95. The van der Waals surface area contributed by atoms with Crippen LogP contribution in [-0.4, -0.2) is 5.11 Å². The monoisotopic (exact) mass is 172 g/mol. The van der Waals surface area contributed by atoms with Gasteiger partial charge in [0.2, 0.25) is 0 Å². The van der Waals surface area contributed by atoms with Gasteiger partial charge in [-0.3, -0.25) is 0 Å². The third kappa shape index (κ3) is 0.909. The second-order valence-electron chi connectivity index (χ2n) is 3.95. The van der Waals surface area contributed by atoms with E-state index in [4.69, 9.17) is 5.11 Å². The van der Waals surface area contributed by atoms with Gasteiger partial charge in [-0.25, -0.2) is 0 Å². The molecule has 2 aliphatic rings. The first kappa shape index (κ1) is 7.34. The zero-order valence-corrected chi connectivity index (χ0v) is 7.40. The molecule has 3 rings (SSSR count). The summed E-state index contributed by atoms with van der Waals surface area (Å²) >= 11 is 0. The summed E-state index contributed by atoms with van der Waals surface area (Å²) < 4.78 is 0. The molecule has 1 heteroatoms. The van der Waals surface area contributed by atoms with E-state index in [9.17, 15) is 0 Å². The maximum Gasteiger partial charge on any atom is 0.0681 e. The Morgan fingerprint density at radius 1 is 1.15 bits per heavy atom. The van der Waals surface area contributed by atoms with Crippen molar-refractivity contribution in [1.29, 1.82) is 0 Å². The molecule has 1 N–H and O–H groups in total. The molecule has 1 nitrogen and oxygen atoms in total. The van der Waals surface area contributed by atoms with Crippen LogP contribution in [0, 0.1) is 0 Å². The number of allylic oxidation sites excluding steroid dienone is 2. The van der Waals surface area contributed by atoms with Gasteiger partial charge in [-0.05, 0) is 23.1 Å². The smallest absolute Gasteiger partial charge is 0.0681 e. The van der Waals surface area contributed by atoms with Crippen LogP contribution in [0.2, 0.25) is 0 Å². The van der Waals surface area contributed by atoms with Crippen molar-refractivity contribution in [3.05, 3.63) is 47.0 Å². The Bertz CT molecular complexity index is 379. The van der Waals surface area contributed by atoms with Gasteiger partial charge >= 0.3 is 0 Å². The minimum atomic E-state index is 0.161. The van der Waals surface area contributed by atoms with Crippen molar-refractivity contribution >= 4 is 0 Å². The molecule has 0 saturated heterocycles. The number of benzene rings is 1. The van der Waals surface area contributed by atoms with E-state index in [2.05, 4.69) is 24.3 Å². The highest BCUT2D eigenvalue weighted by Gasteiger charge is 2.32. The van der Waals surface area contributed by atoms with Crippen LogP contribution in [0.5, 0.6) is 0 Å². The molecule has 13 heavy (non-hydrogen) atoms. The first-order chi connectivity index (χ1) is 6.38. The van der Waals surface area contributed by atoms with E-state index in [-0.39, 0.29) is 6.61 Å². The number of fused-ring (bicyclic) bond motifs is 5. The summed E-state index contributed by atoms with van der Waals surface area (Å²) in [5, 5.41) is 9.02. The molecule has 1 aromatic rings. The molecular weight excluding hydrogens is 160 g/mol. The fraction of sp³-hybridized carbons (Fsp3) is 0.333. The van der Waals surface area contributed by atoms with E-state index in [1.165, 1.54) is 17.5 Å². The fourth-order valence-electron chi connectivity index (χ4n) is 2.54. The van der Waals surface area contributed by atoms with Crippen molar-refractivity contribution in [3.8, 4) is 0 Å². The zero-order chi connectivity index (χ0) is 8.84. The minimum Gasteiger partial charge on any atom is -0.392 e. The molecule has 0 saturated carbocycles. The van der Waals surface area contributed by atoms with E-state index in [1.54, 1.807) is 0 Å². The fourth-order valence-corrected chi connectivity index (χ4v) is 2.54. The summed E-state index contributed by atoms with van der Waals surface area (Å²) in [5.41, 5.74) is 3.96. The average molecular weight is 172 g/mol. The Kier molecular flexibility index (Phi) is 1.39. The van der Waals surface area contributed by atoms with E-state index in [0.29, 0.717) is 11.8 Å². The van der Waals surface area contributed by atoms with Gasteiger partial charge in [-0.15, -0.1) is 0 Å². The molecule has 0 unspecified atom stereocenters. The molecule has 0 radical (unpaired) electrons. The van der Waals surface area contributed by atoms with Gasteiger partial charge in [0, 0.05) is 11.8 Å². The SMILES string of the molecule is OCc1ccc2c(c1)[C@H]1C=C[C@@H]2C1. The molecule has 2 bridgehead atoms. The quantitative estimate of drug-likeness (QED) is 0.644. The van der Waals surface area contributed by atoms with E-state index < -0.39 is 0 Å². The summed E-state index contributed by atoms with van der Waals surface area (Å²) in [5.74, 6) is 1.29.